The number of amides is 1. The number of anilines is 1. The van der Waals surface area contributed by atoms with E-state index in [0.29, 0.717) is 38.3 Å². The van der Waals surface area contributed by atoms with Crippen molar-refractivity contribution in [2.45, 2.75) is 37.8 Å². The molecule has 0 saturated carbocycles. The molecule has 0 N–H and O–H groups in total. The number of carbonyl (C=O) groups is 1. The molecule has 0 spiro atoms. The van der Waals surface area contributed by atoms with E-state index in [9.17, 15) is 4.79 Å². The van der Waals surface area contributed by atoms with Crippen LogP contribution in [0.1, 0.15) is 37.3 Å². The minimum absolute atomic E-state index is 0.0277. The molecule has 4 rings (SSSR count). The topological polar surface area (TPSA) is 68.9 Å². The first-order valence-electron chi connectivity index (χ1n) is 10.5. The number of hydrogen-bond donors (Lipinski definition) is 0. The van der Waals surface area contributed by atoms with Gasteiger partial charge in [-0.05, 0) is 30.5 Å². The zero-order chi connectivity index (χ0) is 20.8. The Kier molecular flexibility index (Phi) is 6.41. The van der Waals surface area contributed by atoms with Crippen molar-refractivity contribution in [2.24, 2.45) is 5.10 Å². The molecule has 2 heterocycles. The lowest BCUT2D eigenvalue weighted by atomic mass is 10.00. The Bertz CT molecular complexity index is 917. The monoisotopic (exact) mass is 402 g/mol. The van der Waals surface area contributed by atoms with Crippen LogP contribution in [0.15, 0.2) is 65.8 Å². The van der Waals surface area contributed by atoms with E-state index in [1.165, 1.54) is 0 Å². The number of para-hydroxylation sites is 1. The van der Waals surface area contributed by atoms with Gasteiger partial charge in [0.2, 0.25) is 0 Å². The Hall–Kier alpha value is -3.17. The standard InChI is InChI=1S/C24H26N4O2/c25-14-7-15-27(20-12-16-30-17-13-20)24(29)22-18-23(19-8-3-1-4-9-19)28(26-22)21-10-5-2-6-11-21/h1-6,8-11,20,23H,7,12-13,15-18H2. The van der Waals surface area contributed by atoms with Gasteiger partial charge in [0.1, 0.15) is 5.71 Å². The third-order valence-corrected chi connectivity index (χ3v) is 5.72. The largest absolute Gasteiger partial charge is 0.381 e. The van der Waals surface area contributed by atoms with Gasteiger partial charge in [-0.3, -0.25) is 9.80 Å². The highest BCUT2D eigenvalue weighted by atomic mass is 16.5. The molecule has 0 aromatic heterocycles. The number of carbonyl (C=O) groups excluding carboxylic acids is 1. The molecule has 6 nitrogen and oxygen atoms in total. The second-order valence-electron chi connectivity index (χ2n) is 7.61. The number of ether oxygens (including phenoxy) is 1. The van der Waals surface area contributed by atoms with Gasteiger partial charge in [-0.15, -0.1) is 0 Å². The maximum Gasteiger partial charge on any atom is 0.270 e. The Balaban J connectivity index is 1.63. The summed E-state index contributed by atoms with van der Waals surface area (Å²) < 4.78 is 5.47. The second-order valence-corrected chi connectivity index (χ2v) is 7.61. The smallest absolute Gasteiger partial charge is 0.270 e. The molecule has 1 amide bonds. The summed E-state index contributed by atoms with van der Waals surface area (Å²) in [4.78, 5) is 15.4. The van der Waals surface area contributed by atoms with E-state index in [0.717, 1.165) is 24.1 Å². The third-order valence-electron chi connectivity index (χ3n) is 5.72. The molecule has 1 saturated heterocycles. The summed E-state index contributed by atoms with van der Waals surface area (Å²) in [6.07, 6.45) is 2.47. The van der Waals surface area contributed by atoms with Crippen molar-refractivity contribution in [2.75, 3.05) is 24.8 Å². The van der Waals surface area contributed by atoms with Crippen molar-refractivity contribution in [3.05, 3.63) is 66.2 Å². The SMILES string of the molecule is N#CCCN(C(=O)C1=NN(c2ccccc2)C(c2ccccc2)C1)C1CCOCC1. The molecule has 2 aromatic rings. The fourth-order valence-electron chi connectivity index (χ4n) is 4.18. The summed E-state index contributed by atoms with van der Waals surface area (Å²) in [5, 5.41) is 15.8. The quantitative estimate of drug-likeness (QED) is 0.734. The molecule has 2 aliphatic rings. The molecule has 1 atom stereocenters. The first-order valence-corrected chi connectivity index (χ1v) is 10.5. The fraction of sp³-hybridized carbons (Fsp3) is 0.375. The van der Waals surface area contributed by atoms with Crippen LogP contribution < -0.4 is 5.01 Å². The highest BCUT2D eigenvalue weighted by molar-refractivity contribution is 6.39. The van der Waals surface area contributed by atoms with Crippen molar-refractivity contribution in [1.29, 1.82) is 5.26 Å². The summed E-state index contributed by atoms with van der Waals surface area (Å²) >= 11 is 0. The van der Waals surface area contributed by atoms with E-state index in [1.807, 2.05) is 58.4 Å². The molecule has 0 radical (unpaired) electrons. The molecule has 2 aliphatic heterocycles. The summed E-state index contributed by atoms with van der Waals surface area (Å²) in [5.74, 6) is -0.0588. The fourth-order valence-corrected chi connectivity index (χ4v) is 4.18. The third kappa shape index (κ3) is 4.37. The minimum atomic E-state index is -0.0588. The van der Waals surface area contributed by atoms with Crippen molar-refractivity contribution in [3.8, 4) is 6.07 Å². The van der Waals surface area contributed by atoms with Crippen LogP contribution in [0.3, 0.4) is 0 Å². The molecule has 154 valence electrons. The number of nitrogens with zero attached hydrogens (tertiary/aromatic N) is 4. The lowest BCUT2D eigenvalue weighted by molar-refractivity contribution is -0.128. The highest BCUT2D eigenvalue weighted by Gasteiger charge is 2.36. The van der Waals surface area contributed by atoms with Crippen molar-refractivity contribution in [3.63, 3.8) is 0 Å². The van der Waals surface area contributed by atoms with E-state index in [2.05, 4.69) is 18.2 Å². The summed E-state index contributed by atoms with van der Waals surface area (Å²) in [6, 6.07) is 22.4. The molecule has 2 aromatic carbocycles. The average Bonchev–Trinajstić information content (AvgIpc) is 3.27. The normalized spacial score (nSPS) is 19.2. The van der Waals surface area contributed by atoms with Gasteiger partial charge in [-0.2, -0.15) is 10.4 Å². The molecule has 0 aliphatic carbocycles. The van der Waals surface area contributed by atoms with Crippen LogP contribution in [0.2, 0.25) is 0 Å². The average molecular weight is 402 g/mol. The van der Waals surface area contributed by atoms with E-state index in [4.69, 9.17) is 15.1 Å². The van der Waals surface area contributed by atoms with Crippen molar-refractivity contribution in [1.82, 2.24) is 4.90 Å². The molecule has 30 heavy (non-hydrogen) atoms. The van der Waals surface area contributed by atoms with Crippen molar-refractivity contribution >= 4 is 17.3 Å². The van der Waals surface area contributed by atoms with Crippen LogP contribution in [0.25, 0.3) is 0 Å². The van der Waals surface area contributed by atoms with Gasteiger partial charge in [-0.1, -0.05) is 48.5 Å². The van der Waals surface area contributed by atoms with Crippen LogP contribution in [-0.4, -0.2) is 42.3 Å². The molecule has 1 fully saturated rings. The summed E-state index contributed by atoms with van der Waals surface area (Å²) in [7, 11) is 0. The number of benzene rings is 2. The Morgan fingerprint density at radius 3 is 2.43 bits per heavy atom. The Morgan fingerprint density at radius 1 is 1.10 bits per heavy atom. The van der Waals surface area contributed by atoms with E-state index in [-0.39, 0.29) is 18.0 Å². The molecule has 6 heteroatoms. The molecular formula is C24H26N4O2. The summed E-state index contributed by atoms with van der Waals surface area (Å²) in [6.45, 7) is 1.73. The first-order chi connectivity index (χ1) is 14.8. The maximum absolute atomic E-state index is 13.5. The van der Waals surface area contributed by atoms with Gasteiger partial charge < -0.3 is 9.64 Å². The van der Waals surface area contributed by atoms with Gasteiger partial charge in [0, 0.05) is 32.2 Å². The summed E-state index contributed by atoms with van der Waals surface area (Å²) in [5.41, 5.74) is 2.64. The van der Waals surface area contributed by atoms with Crippen LogP contribution in [0.5, 0.6) is 0 Å². The van der Waals surface area contributed by atoms with Gasteiger partial charge in [0.25, 0.3) is 5.91 Å². The Labute approximate surface area is 177 Å². The van der Waals surface area contributed by atoms with Crippen LogP contribution >= 0.6 is 0 Å². The van der Waals surface area contributed by atoms with Crippen LogP contribution in [-0.2, 0) is 9.53 Å². The van der Waals surface area contributed by atoms with E-state index >= 15 is 0 Å². The number of hydrogen-bond acceptors (Lipinski definition) is 5. The first kappa shape index (κ1) is 20.1. The Morgan fingerprint density at radius 2 is 1.77 bits per heavy atom. The van der Waals surface area contributed by atoms with Gasteiger partial charge in [0.15, 0.2) is 0 Å². The zero-order valence-corrected chi connectivity index (χ0v) is 17.0. The van der Waals surface area contributed by atoms with Gasteiger partial charge in [0.05, 0.1) is 24.2 Å². The minimum Gasteiger partial charge on any atom is -0.381 e. The molecule has 0 bridgehead atoms. The maximum atomic E-state index is 13.5. The highest BCUT2D eigenvalue weighted by Crippen LogP contribution is 2.35. The number of rotatable bonds is 6. The van der Waals surface area contributed by atoms with Gasteiger partial charge in [-0.25, -0.2) is 0 Å². The van der Waals surface area contributed by atoms with Gasteiger partial charge >= 0.3 is 0 Å². The van der Waals surface area contributed by atoms with E-state index < -0.39 is 0 Å². The van der Waals surface area contributed by atoms with E-state index in [1.54, 1.807) is 0 Å². The zero-order valence-electron chi connectivity index (χ0n) is 17.0. The number of hydrazone groups is 1. The molecule has 1 unspecified atom stereocenters. The predicted octanol–water partition coefficient (Wildman–Crippen LogP) is 3.92. The van der Waals surface area contributed by atoms with Crippen LogP contribution in [0, 0.1) is 11.3 Å². The lowest BCUT2D eigenvalue weighted by Crippen LogP contribution is -2.46. The van der Waals surface area contributed by atoms with Crippen LogP contribution in [0.4, 0.5) is 5.69 Å². The van der Waals surface area contributed by atoms with Crippen molar-refractivity contribution < 1.29 is 9.53 Å². The lowest BCUT2D eigenvalue weighted by Gasteiger charge is -2.33. The number of nitriles is 1. The predicted molar refractivity (Wildman–Crippen MR) is 116 cm³/mol. The second kappa shape index (κ2) is 9.55. The molecular weight excluding hydrogens is 376 g/mol.